The molecule has 18 heavy (non-hydrogen) atoms. The van der Waals surface area contributed by atoms with E-state index in [4.69, 9.17) is 21.4 Å². The number of piperidine rings is 1. The first kappa shape index (κ1) is 13.8. The summed E-state index contributed by atoms with van der Waals surface area (Å²) in [5, 5.41) is 0.788. The molecule has 1 aromatic carbocycles. The second kappa shape index (κ2) is 6.53. The minimum Gasteiger partial charge on any atom is -0.306 e. The van der Waals surface area contributed by atoms with Crippen molar-refractivity contribution in [1.29, 1.82) is 0 Å². The molecule has 1 aromatic rings. The van der Waals surface area contributed by atoms with Crippen molar-refractivity contribution in [3.05, 3.63) is 34.9 Å². The van der Waals surface area contributed by atoms with Gasteiger partial charge in [-0.2, -0.15) is 0 Å². The van der Waals surface area contributed by atoms with Gasteiger partial charge in [-0.25, -0.2) is 9.78 Å². The SMILES string of the molecule is COOCC1CN(C)CCC1c1ccc(Cl)cc1. The van der Waals surface area contributed by atoms with Crippen molar-refractivity contribution >= 4 is 11.6 Å². The Labute approximate surface area is 114 Å². The van der Waals surface area contributed by atoms with Gasteiger partial charge in [0.2, 0.25) is 0 Å². The molecule has 1 fully saturated rings. The highest BCUT2D eigenvalue weighted by atomic mass is 35.5. The van der Waals surface area contributed by atoms with Crippen molar-refractivity contribution in [2.45, 2.75) is 12.3 Å². The van der Waals surface area contributed by atoms with Crippen LogP contribution in [0.25, 0.3) is 0 Å². The second-order valence-electron chi connectivity index (χ2n) is 4.92. The molecule has 2 rings (SSSR count). The second-order valence-corrected chi connectivity index (χ2v) is 5.36. The first-order chi connectivity index (χ1) is 8.70. The van der Waals surface area contributed by atoms with E-state index in [1.807, 2.05) is 12.1 Å². The van der Waals surface area contributed by atoms with Gasteiger partial charge in [-0.15, -0.1) is 0 Å². The molecule has 0 amide bonds. The summed E-state index contributed by atoms with van der Waals surface area (Å²) >= 11 is 5.94. The summed E-state index contributed by atoms with van der Waals surface area (Å²) in [6.45, 7) is 2.79. The summed E-state index contributed by atoms with van der Waals surface area (Å²) in [6, 6.07) is 8.17. The summed E-state index contributed by atoms with van der Waals surface area (Å²) in [5.41, 5.74) is 1.34. The van der Waals surface area contributed by atoms with E-state index in [2.05, 4.69) is 24.1 Å². The van der Waals surface area contributed by atoms with Crippen LogP contribution in [0.15, 0.2) is 24.3 Å². The average Bonchev–Trinajstić information content (AvgIpc) is 2.38. The van der Waals surface area contributed by atoms with Crippen LogP contribution in [0.2, 0.25) is 5.02 Å². The predicted octanol–water partition coefficient (Wildman–Crippen LogP) is 2.95. The van der Waals surface area contributed by atoms with Crippen LogP contribution in [0.1, 0.15) is 17.9 Å². The lowest BCUT2D eigenvalue weighted by molar-refractivity contribution is -0.282. The average molecular weight is 270 g/mol. The molecule has 0 bridgehead atoms. The number of nitrogens with zero attached hydrogens (tertiary/aromatic N) is 1. The van der Waals surface area contributed by atoms with Gasteiger partial charge < -0.3 is 4.90 Å². The predicted molar refractivity (Wildman–Crippen MR) is 72.8 cm³/mol. The summed E-state index contributed by atoms with van der Waals surface area (Å²) in [7, 11) is 3.71. The molecule has 0 spiro atoms. The van der Waals surface area contributed by atoms with Gasteiger partial charge in [0.15, 0.2) is 0 Å². The molecule has 2 atom stereocenters. The third kappa shape index (κ3) is 3.45. The molecule has 0 N–H and O–H groups in total. The van der Waals surface area contributed by atoms with E-state index in [0.717, 1.165) is 24.5 Å². The van der Waals surface area contributed by atoms with Crippen LogP contribution in [0.4, 0.5) is 0 Å². The van der Waals surface area contributed by atoms with Crippen molar-refractivity contribution in [2.24, 2.45) is 5.92 Å². The van der Waals surface area contributed by atoms with Crippen molar-refractivity contribution < 1.29 is 9.78 Å². The Morgan fingerprint density at radius 3 is 2.72 bits per heavy atom. The fourth-order valence-corrected chi connectivity index (χ4v) is 2.81. The molecule has 2 unspecified atom stereocenters. The van der Waals surface area contributed by atoms with E-state index in [-0.39, 0.29) is 0 Å². The quantitative estimate of drug-likeness (QED) is 0.620. The molecule has 1 heterocycles. The largest absolute Gasteiger partial charge is 0.306 e. The molecule has 0 aromatic heterocycles. The van der Waals surface area contributed by atoms with Crippen LogP contribution in [0.3, 0.4) is 0 Å². The van der Waals surface area contributed by atoms with Crippen LogP contribution < -0.4 is 0 Å². The molecule has 1 aliphatic rings. The van der Waals surface area contributed by atoms with E-state index >= 15 is 0 Å². The Morgan fingerprint density at radius 1 is 1.33 bits per heavy atom. The fraction of sp³-hybridized carbons (Fsp3) is 0.571. The number of rotatable bonds is 4. The van der Waals surface area contributed by atoms with Gasteiger partial charge in [0.05, 0.1) is 13.7 Å². The van der Waals surface area contributed by atoms with E-state index in [9.17, 15) is 0 Å². The zero-order chi connectivity index (χ0) is 13.0. The molecule has 1 aliphatic heterocycles. The highest BCUT2D eigenvalue weighted by Gasteiger charge is 2.29. The number of likely N-dealkylation sites (tertiary alicyclic amines) is 1. The molecule has 1 saturated heterocycles. The number of benzene rings is 1. The van der Waals surface area contributed by atoms with Gasteiger partial charge in [-0.3, -0.25) is 0 Å². The monoisotopic (exact) mass is 269 g/mol. The van der Waals surface area contributed by atoms with Crippen molar-refractivity contribution in [1.82, 2.24) is 4.90 Å². The third-order valence-corrected chi connectivity index (χ3v) is 3.89. The summed E-state index contributed by atoms with van der Waals surface area (Å²) in [6.07, 6.45) is 1.15. The minimum atomic E-state index is 0.463. The number of halogens is 1. The Kier molecular flexibility index (Phi) is 5.01. The maximum absolute atomic E-state index is 5.94. The molecule has 0 radical (unpaired) electrons. The number of hydrogen-bond acceptors (Lipinski definition) is 3. The highest BCUT2D eigenvalue weighted by Crippen LogP contribution is 2.33. The summed E-state index contributed by atoms with van der Waals surface area (Å²) in [5.74, 6) is 0.985. The van der Waals surface area contributed by atoms with Crippen LogP contribution in [0.5, 0.6) is 0 Å². The minimum absolute atomic E-state index is 0.463. The van der Waals surface area contributed by atoms with Crippen LogP contribution in [-0.4, -0.2) is 38.8 Å². The lowest BCUT2D eigenvalue weighted by Gasteiger charge is -2.36. The van der Waals surface area contributed by atoms with Gasteiger partial charge in [0.1, 0.15) is 0 Å². The topological polar surface area (TPSA) is 21.7 Å². The summed E-state index contributed by atoms with van der Waals surface area (Å²) in [4.78, 5) is 12.2. The summed E-state index contributed by atoms with van der Waals surface area (Å²) < 4.78 is 0. The van der Waals surface area contributed by atoms with E-state index in [1.165, 1.54) is 5.56 Å². The van der Waals surface area contributed by atoms with E-state index in [0.29, 0.717) is 18.4 Å². The zero-order valence-corrected chi connectivity index (χ0v) is 11.7. The maximum atomic E-state index is 5.94. The van der Waals surface area contributed by atoms with Crippen molar-refractivity contribution in [3.63, 3.8) is 0 Å². The Balaban J connectivity index is 2.09. The Hall–Kier alpha value is -0.610. The van der Waals surface area contributed by atoms with E-state index < -0.39 is 0 Å². The Morgan fingerprint density at radius 2 is 2.06 bits per heavy atom. The molecule has 4 heteroatoms. The third-order valence-electron chi connectivity index (χ3n) is 3.64. The smallest absolute Gasteiger partial charge is 0.0868 e. The van der Waals surface area contributed by atoms with Crippen molar-refractivity contribution in [3.8, 4) is 0 Å². The Bertz CT molecular complexity index is 369. The first-order valence-electron chi connectivity index (χ1n) is 6.30. The molecular formula is C14H20ClNO2. The zero-order valence-electron chi connectivity index (χ0n) is 10.9. The van der Waals surface area contributed by atoms with Crippen LogP contribution >= 0.6 is 11.6 Å². The van der Waals surface area contributed by atoms with Crippen LogP contribution in [0, 0.1) is 5.92 Å². The molecular weight excluding hydrogens is 250 g/mol. The molecule has 0 aliphatic carbocycles. The normalized spacial score (nSPS) is 25.3. The van der Waals surface area contributed by atoms with Gasteiger partial charge >= 0.3 is 0 Å². The molecule has 3 nitrogen and oxygen atoms in total. The van der Waals surface area contributed by atoms with Gasteiger partial charge in [0, 0.05) is 17.5 Å². The van der Waals surface area contributed by atoms with E-state index in [1.54, 1.807) is 7.11 Å². The lowest BCUT2D eigenvalue weighted by atomic mass is 9.81. The van der Waals surface area contributed by atoms with Gasteiger partial charge in [-0.1, -0.05) is 23.7 Å². The lowest BCUT2D eigenvalue weighted by Crippen LogP contribution is -2.39. The van der Waals surface area contributed by atoms with Crippen LogP contribution in [-0.2, 0) is 9.78 Å². The first-order valence-corrected chi connectivity index (χ1v) is 6.68. The number of hydrogen-bond donors (Lipinski definition) is 0. The van der Waals surface area contributed by atoms with Gasteiger partial charge in [-0.05, 0) is 43.6 Å². The standard InChI is InChI=1S/C14H20ClNO2/c1-16-8-7-14(12(9-16)10-18-17-2)11-3-5-13(15)6-4-11/h3-6,12,14H,7-10H2,1-2H3. The highest BCUT2D eigenvalue weighted by molar-refractivity contribution is 6.30. The molecule has 100 valence electrons. The van der Waals surface area contributed by atoms with Crippen molar-refractivity contribution in [2.75, 3.05) is 33.9 Å². The fourth-order valence-electron chi connectivity index (χ4n) is 2.69. The molecule has 0 saturated carbocycles. The maximum Gasteiger partial charge on any atom is 0.0868 e. The van der Waals surface area contributed by atoms with Gasteiger partial charge in [0.25, 0.3) is 0 Å².